The zero-order valence-electron chi connectivity index (χ0n) is 17.6. The molecule has 7 heteroatoms. The van der Waals surface area contributed by atoms with Gasteiger partial charge in [-0.3, -0.25) is 4.79 Å². The predicted molar refractivity (Wildman–Crippen MR) is 125 cm³/mol. The average molecular weight is 422 g/mol. The molecule has 0 aliphatic rings. The third-order valence-corrected chi connectivity index (χ3v) is 5.61. The minimum Gasteiger partial charge on any atom is -0.350 e. The van der Waals surface area contributed by atoms with Crippen molar-refractivity contribution in [2.75, 3.05) is 5.32 Å². The van der Waals surface area contributed by atoms with Crippen LogP contribution in [0, 0.1) is 0 Å². The molecule has 7 nitrogen and oxygen atoms in total. The van der Waals surface area contributed by atoms with Crippen LogP contribution in [0.5, 0.6) is 0 Å². The van der Waals surface area contributed by atoms with Crippen molar-refractivity contribution in [1.82, 2.24) is 25.2 Å². The number of aromatic nitrogens is 5. The van der Waals surface area contributed by atoms with Gasteiger partial charge in [0.15, 0.2) is 5.82 Å². The zero-order valence-corrected chi connectivity index (χ0v) is 17.6. The number of carbonyl (C=O) groups excluding carboxylic acids is 1. The van der Waals surface area contributed by atoms with E-state index in [-0.39, 0.29) is 5.91 Å². The van der Waals surface area contributed by atoms with Gasteiger partial charge in [-0.2, -0.15) is 0 Å². The number of rotatable bonds is 6. The highest BCUT2D eigenvalue weighted by Gasteiger charge is 2.11. The molecule has 0 unspecified atom stereocenters. The number of H-pyrrole nitrogens is 1. The summed E-state index contributed by atoms with van der Waals surface area (Å²) in [6.45, 7) is 0. The Kier molecular flexibility index (Phi) is 5.21. The van der Waals surface area contributed by atoms with Crippen molar-refractivity contribution in [3.05, 3.63) is 84.6 Å². The summed E-state index contributed by atoms with van der Waals surface area (Å²) in [6.07, 6.45) is 3.23. The van der Waals surface area contributed by atoms with E-state index in [4.69, 9.17) is 0 Å². The van der Waals surface area contributed by atoms with Crippen molar-refractivity contribution in [2.24, 2.45) is 7.05 Å². The molecule has 0 saturated carbocycles. The van der Waals surface area contributed by atoms with Crippen molar-refractivity contribution < 1.29 is 4.79 Å². The van der Waals surface area contributed by atoms with E-state index in [0.717, 1.165) is 22.4 Å². The Morgan fingerprint density at radius 1 is 0.969 bits per heavy atom. The van der Waals surface area contributed by atoms with E-state index in [1.807, 2.05) is 67.7 Å². The minimum absolute atomic E-state index is 0.00109. The molecule has 3 aromatic carbocycles. The number of hydrogen-bond acceptors (Lipinski definition) is 4. The third kappa shape index (κ3) is 3.88. The molecule has 0 spiro atoms. The van der Waals surface area contributed by atoms with E-state index in [9.17, 15) is 4.79 Å². The molecule has 5 rings (SSSR count). The van der Waals surface area contributed by atoms with Gasteiger partial charge in [-0.15, -0.1) is 5.10 Å². The topological polar surface area (TPSA) is 88.5 Å². The van der Waals surface area contributed by atoms with Gasteiger partial charge in [0.05, 0.1) is 0 Å². The van der Waals surface area contributed by atoms with Gasteiger partial charge >= 0.3 is 0 Å². The second-order valence-corrected chi connectivity index (χ2v) is 7.70. The summed E-state index contributed by atoms with van der Waals surface area (Å²) in [5, 5.41) is 18.4. The first-order chi connectivity index (χ1) is 15.7. The molecule has 32 heavy (non-hydrogen) atoms. The van der Waals surface area contributed by atoms with Gasteiger partial charge in [-0.05, 0) is 51.7 Å². The Morgan fingerprint density at radius 2 is 1.72 bits per heavy atom. The van der Waals surface area contributed by atoms with Crippen LogP contribution in [0.4, 0.5) is 5.69 Å². The summed E-state index contributed by atoms with van der Waals surface area (Å²) < 4.78 is 2.11. The normalized spacial score (nSPS) is 11.0. The second kappa shape index (κ2) is 8.47. The van der Waals surface area contributed by atoms with Crippen LogP contribution in [0.3, 0.4) is 0 Å². The lowest BCUT2D eigenvalue weighted by molar-refractivity contribution is -0.116. The fourth-order valence-electron chi connectivity index (χ4n) is 4.04. The number of amides is 1. The number of anilines is 1. The van der Waals surface area contributed by atoms with Crippen LogP contribution in [-0.2, 0) is 18.3 Å². The van der Waals surface area contributed by atoms with Gasteiger partial charge in [0.25, 0.3) is 0 Å². The van der Waals surface area contributed by atoms with Crippen LogP contribution in [0.1, 0.15) is 12.0 Å². The summed E-state index contributed by atoms with van der Waals surface area (Å²) in [4.78, 5) is 12.5. The lowest BCUT2D eigenvalue weighted by atomic mass is 9.99. The number of hydrogen-bond donors (Lipinski definition) is 2. The number of para-hydroxylation sites is 1. The summed E-state index contributed by atoms with van der Waals surface area (Å²) >= 11 is 0. The SMILES string of the molecule is Cn1cc(CCC(=O)Nc2ccc(-c3ccccc3-c3nnn[nH]3)cc2)c2ccccc21. The predicted octanol–water partition coefficient (Wildman–Crippen LogP) is 4.60. The van der Waals surface area contributed by atoms with Gasteiger partial charge in [0, 0.05) is 41.8 Å². The van der Waals surface area contributed by atoms with E-state index in [1.165, 1.54) is 16.5 Å². The number of nitrogens with one attached hydrogen (secondary N) is 2. The van der Waals surface area contributed by atoms with Crippen molar-refractivity contribution in [2.45, 2.75) is 12.8 Å². The van der Waals surface area contributed by atoms with Crippen LogP contribution in [0.25, 0.3) is 33.4 Å². The molecular weight excluding hydrogens is 400 g/mol. The monoisotopic (exact) mass is 422 g/mol. The van der Waals surface area contributed by atoms with Gasteiger partial charge in [0.2, 0.25) is 5.91 Å². The number of fused-ring (bicyclic) bond motifs is 1. The van der Waals surface area contributed by atoms with Crippen molar-refractivity contribution in [1.29, 1.82) is 0 Å². The van der Waals surface area contributed by atoms with Crippen LogP contribution in [-0.4, -0.2) is 31.1 Å². The average Bonchev–Trinajstić information content (AvgIpc) is 3.47. The molecule has 0 saturated heterocycles. The Balaban J connectivity index is 1.27. The molecular formula is C25H22N6O. The van der Waals surface area contributed by atoms with Crippen molar-refractivity contribution >= 4 is 22.5 Å². The fraction of sp³-hybridized carbons (Fsp3) is 0.120. The van der Waals surface area contributed by atoms with E-state index in [0.29, 0.717) is 18.7 Å². The quantitative estimate of drug-likeness (QED) is 0.419. The minimum atomic E-state index is -0.00109. The van der Waals surface area contributed by atoms with Gasteiger partial charge in [-0.1, -0.05) is 54.6 Å². The molecule has 2 heterocycles. The molecule has 158 valence electrons. The molecule has 1 amide bonds. The maximum absolute atomic E-state index is 12.5. The molecule has 2 aromatic heterocycles. The maximum Gasteiger partial charge on any atom is 0.224 e. The lowest BCUT2D eigenvalue weighted by Crippen LogP contribution is -2.12. The molecule has 0 atom stereocenters. The number of nitrogens with zero attached hydrogens (tertiary/aromatic N) is 4. The zero-order chi connectivity index (χ0) is 21.9. The number of tetrazole rings is 1. The molecule has 5 aromatic rings. The van der Waals surface area contributed by atoms with Crippen molar-refractivity contribution in [3.63, 3.8) is 0 Å². The van der Waals surface area contributed by atoms with E-state index < -0.39 is 0 Å². The Hall–Kier alpha value is -4.26. The summed E-state index contributed by atoms with van der Waals surface area (Å²) in [5.41, 5.74) is 6.09. The van der Waals surface area contributed by atoms with Gasteiger partial charge < -0.3 is 9.88 Å². The lowest BCUT2D eigenvalue weighted by Gasteiger charge is -2.09. The highest BCUT2D eigenvalue weighted by atomic mass is 16.1. The summed E-state index contributed by atoms with van der Waals surface area (Å²) in [7, 11) is 2.03. The van der Waals surface area contributed by atoms with E-state index in [1.54, 1.807) is 0 Å². The molecule has 0 aliphatic heterocycles. The molecule has 0 fully saturated rings. The van der Waals surface area contributed by atoms with Gasteiger partial charge in [0.1, 0.15) is 0 Å². The van der Waals surface area contributed by atoms with E-state index in [2.05, 4.69) is 48.8 Å². The first kappa shape index (κ1) is 19.7. The van der Waals surface area contributed by atoms with Crippen LogP contribution in [0.2, 0.25) is 0 Å². The highest BCUT2D eigenvalue weighted by Crippen LogP contribution is 2.30. The highest BCUT2D eigenvalue weighted by molar-refractivity contribution is 5.92. The van der Waals surface area contributed by atoms with Crippen LogP contribution < -0.4 is 5.32 Å². The molecule has 0 aliphatic carbocycles. The Bertz CT molecular complexity index is 1370. The Labute approximate surface area is 185 Å². The van der Waals surface area contributed by atoms with Crippen LogP contribution in [0.15, 0.2) is 79.0 Å². The number of benzene rings is 3. The summed E-state index contributed by atoms with van der Waals surface area (Å²) in [6, 6.07) is 24.0. The molecule has 0 radical (unpaired) electrons. The fourth-order valence-corrected chi connectivity index (χ4v) is 4.04. The third-order valence-electron chi connectivity index (χ3n) is 5.61. The van der Waals surface area contributed by atoms with Crippen LogP contribution >= 0.6 is 0 Å². The summed E-state index contributed by atoms with van der Waals surface area (Å²) in [5.74, 6) is 0.616. The Morgan fingerprint density at radius 3 is 2.50 bits per heavy atom. The number of carbonyl (C=O) groups is 1. The van der Waals surface area contributed by atoms with Crippen molar-refractivity contribution in [3.8, 4) is 22.5 Å². The first-order valence-electron chi connectivity index (χ1n) is 10.5. The maximum atomic E-state index is 12.5. The largest absolute Gasteiger partial charge is 0.350 e. The standard InChI is InChI=1S/C25H22N6O/c1-31-16-18(21-7-4-5-9-23(21)31)12-15-24(32)26-19-13-10-17(11-14-19)20-6-2-3-8-22(20)25-27-29-30-28-25/h2-11,13-14,16H,12,15H2,1H3,(H,26,32)(H,27,28,29,30). The number of aromatic amines is 1. The van der Waals surface area contributed by atoms with Gasteiger partial charge in [-0.25, -0.2) is 5.10 Å². The molecule has 2 N–H and O–H groups in total. The first-order valence-corrected chi connectivity index (χ1v) is 10.5. The number of aryl methyl sites for hydroxylation is 2. The van der Waals surface area contributed by atoms with E-state index >= 15 is 0 Å². The smallest absolute Gasteiger partial charge is 0.224 e. The molecule has 0 bridgehead atoms. The second-order valence-electron chi connectivity index (χ2n) is 7.70.